The van der Waals surface area contributed by atoms with Crippen LogP contribution in [0.5, 0.6) is 0 Å². The van der Waals surface area contributed by atoms with Crippen molar-refractivity contribution in [2.24, 2.45) is 0 Å². The molecule has 0 atom stereocenters. The molecule has 0 radical (unpaired) electrons. The molecule has 0 rings (SSSR count). The normalized spacial score (nSPS) is 13.3. The molecule has 130 valence electrons. The van der Waals surface area contributed by atoms with Gasteiger partial charge in [0.15, 0.2) is 5.79 Å². The molecule has 22 heavy (non-hydrogen) atoms. The van der Waals surface area contributed by atoms with Gasteiger partial charge in [0.2, 0.25) is 16.6 Å². The van der Waals surface area contributed by atoms with Gasteiger partial charge >= 0.3 is 0 Å². The quantitative estimate of drug-likeness (QED) is 0.284. The van der Waals surface area contributed by atoms with Gasteiger partial charge in [0.25, 0.3) is 0 Å². The van der Waals surface area contributed by atoms with Crippen molar-refractivity contribution in [1.29, 1.82) is 0 Å². The highest BCUT2D eigenvalue weighted by atomic mass is 28.4. The third-order valence-electron chi connectivity index (χ3n) is 3.66. The molecule has 0 bridgehead atoms. The Balaban J connectivity index is 5.24. The predicted molar refractivity (Wildman–Crippen MR) is 105 cm³/mol. The van der Waals surface area contributed by atoms with Crippen molar-refractivity contribution in [3.8, 4) is 0 Å². The topological polar surface area (TPSA) is 27.7 Å². The molecular weight excluding hydrogens is 324 g/mol. The van der Waals surface area contributed by atoms with E-state index < -0.39 is 22.4 Å². The van der Waals surface area contributed by atoms with E-state index in [0.717, 1.165) is 12.8 Å². The van der Waals surface area contributed by atoms with E-state index in [-0.39, 0.29) is 0 Å². The van der Waals surface area contributed by atoms with Gasteiger partial charge in [-0.15, -0.1) is 13.2 Å². The van der Waals surface area contributed by atoms with Crippen LogP contribution in [0.4, 0.5) is 0 Å². The van der Waals surface area contributed by atoms with Crippen LogP contribution in [-0.2, 0) is 13.3 Å². The minimum atomic E-state index is -1.97. The van der Waals surface area contributed by atoms with Gasteiger partial charge in [0, 0.05) is 6.42 Å². The lowest BCUT2D eigenvalue weighted by Gasteiger charge is -2.43. The van der Waals surface area contributed by atoms with Gasteiger partial charge in [-0.1, -0.05) is 37.6 Å². The van der Waals surface area contributed by atoms with Crippen LogP contribution in [0, 0.1) is 0 Å². The smallest absolute Gasteiger partial charge is 0.214 e. The van der Waals surface area contributed by atoms with E-state index in [1.165, 1.54) is 19.3 Å². The third-order valence-corrected chi connectivity index (χ3v) is 7.71. The molecule has 0 spiro atoms. The summed E-state index contributed by atoms with van der Waals surface area (Å²) in [5.74, 6) is -0.636. The lowest BCUT2D eigenvalue weighted by atomic mass is 10.1. The Morgan fingerprint density at radius 2 is 1.45 bits per heavy atom. The maximum absolute atomic E-state index is 6.52. The number of unbranched alkanes of at least 4 members (excludes halogenated alkanes) is 3. The maximum Gasteiger partial charge on any atom is 0.214 e. The molecule has 6 heteroatoms. The summed E-state index contributed by atoms with van der Waals surface area (Å²) in [6, 6.07) is 0. The summed E-state index contributed by atoms with van der Waals surface area (Å²) in [4.78, 5) is 0. The van der Waals surface area contributed by atoms with Crippen LogP contribution in [0.1, 0.15) is 39.0 Å². The molecule has 0 aromatic carbocycles. The first-order valence-corrected chi connectivity index (χ1v) is 15.1. The minimum absolute atomic E-state index is 0.514. The van der Waals surface area contributed by atoms with Gasteiger partial charge in [-0.05, 0) is 32.6 Å². The minimum Gasteiger partial charge on any atom is -0.423 e. The van der Waals surface area contributed by atoms with Crippen LogP contribution in [0.25, 0.3) is 0 Å². The largest absolute Gasteiger partial charge is 0.423 e. The lowest BCUT2D eigenvalue weighted by molar-refractivity contribution is -0.154. The Morgan fingerprint density at radius 3 is 1.82 bits per heavy atom. The summed E-state index contributed by atoms with van der Waals surface area (Å²) >= 11 is 0. The van der Waals surface area contributed by atoms with E-state index in [2.05, 4.69) is 46.3 Å². The van der Waals surface area contributed by atoms with E-state index in [9.17, 15) is 0 Å². The first-order chi connectivity index (χ1) is 10.2. The Morgan fingerprint density at radius 1 is 0.955 bits per heavy atom. The van der Waals surface area contributed by atoms with Gasteiger partial charge in [0.1, 0.15) is 10.5 Å². The highest BCUT2D eigenvalue weighted by Gasteiger charge is 2.41. The molecule has 0 aromatic heterocycles. The van der Waals surface area contributed by atoms with Gasteiger partial charge in [-0.3, -0.25) is 0 Å². The third kappa shape index (κ3) is 8.59. The second-order valence-corrected chi connectivity index (χ2v) is 15.2. The van der Waals surface area contributed by atoms with Crippen molar-refractivity contribution >= 4 is 27.1 Å². The van der Waals surface area contributed by atoms with Crippen LogP contribution >= 0.6 is 0 Å². The molecule has 0 unspecified atom stereocenters. The second-order valence-electron chi connectivity index (χ2n) is 6.97. The lowest BCUT2D eigenvalue weighted by Crippen LogP contribution is -2.53. The van der Waals surface area contributed by atoms with Gasteiger partial charge in [-0.2, -0.15) is 0 Å². The zero-order valence-corrected chi connectivity index (χ0v) is 19.5. The summed E-state index contributed by atoms with van der Waals surface area (Å²) in [6.07, 6.45) is 5.66. The summed E-state index contributed by atoms with van der Waals surface area (Å²) in [5.41, 5.74) is 3.93. The second kappa shape index (κ2) is 10.00. The molecule has 0 saturated carbocycles. The van der Waals surface area contributed by atoms with Gasteiger partial charge in [0.05, 0.1) is 6.61 Å². The maximum atomic E-state index is 6.52. The molecule has 0 N–H and O–H groups in total. The van der Waals surface area contributed by atoms with Crippen molar-refractivity contribution < 1.29 is 13.3 Å². The molecule has 0 aromatic rings. The van der Waals surface area contributed by atoms with Crippen molar-refractivity contribution in [2.75, 3.05) is 6.61 Å². The zero-order valence-electron chi connectivity index (χ0n) is 15.5. The molecule has 0 aliphatic rings. The first kappa shape index (κ1) is 22.0. The molecule has 0 fully saturated rings. The monoisotopic (exact) mass is 360 g/mol. The molecule has 0 heterocycles. The number of hydrogen-bond acceptors (Lipinski definition) is 3. The fourth-order valence-corrected chi connectivity index (χ4v) is 5.35. The van der Waals surface area contributed by atoms with Gasteiger partial charge < -0.3 is 13.3 Å². The molecular formula is C16H36O3Si3. The van der Waals surface area contributed by atoms with E-state index in [0.29, 0.717) is 17.1 Å². The predicted octanol–water partition coefficient (Wildman–Crippen LogP) is 3.84. The fraction of sp³-hybridized carbons (Fsp3) is 0.750. The Hall–Kier alpha value is 0.0106. The molecule has 0 amide bonds. The van der Waals surface area contributed by atoms with Crippen molar-refractivity contribution in [3.05, 3.63) is 24.6 Å². The van der Waals surface area contributed by atoms with Crippen LogP contribution in [-0.4, -0.2) is 39.5 Å². The summed E-state index contributed by atoms with van der Waals surface area (Å²) in [6.45, 7) is 19.2. The zero-order chi connectivity index (χ0) is 17.3. The Labute approximate surface area is 142 Å². The summed E-state index contributed by atoms with van der Waals surface area (Å²) in [7, 11) is -3.25. The van der Waals surface area contributed by atoms with Gasteiger partial charge in [-0.25, -0.2) is 0 Å². The average Bonchev–Trinajstić information content (AvgIpc) is 2.43. The Kier molecular flexibility index (Phi) is 10.0. The van der Waals surface area contributed by atoms with Crippen LogP contribution in [0.3, 0.4) is 0 Å². The van der Waals surface area contributed by atoms with E-state index in [1.54, 1.807) is 0 Å². The van der Waals surface area contributed by atoms with Crippen LogP contribution in [0.15, 0.2) is 24.6 Å². The number of hydrogen-bond donors (Lipinski definition) is 0. The van der Waals surface area contributed by atoms with Crippen molar-refractivity contribution in [1.82, 2.24) is 0 Å². The molecule has 0 aliphatic carbocycles. The summed E-state index contributed by atoms with van der Waals surface area (Å²) in [5, 5.41) is 0. The van der Waals surface area contributed by atoms with Crippen LogP contribution in [0.2, 0.25) is 26.2 Å². The highest BCUT2D eigenvalue weighted by Crippen LogP contribution is 2.30. The van der Waals surface area contributed by atoms with E-state index >= 15 is 0 Å². The molecule has 3 nitrogen and oxygen atoms in total. The average molecular weight is 361 g/mol. The fourth-order valence-electron chi connectivity index (χ4n) is 2.34. The summed E-state index contributed by atoms with van der Waals surface area (Å²) < 4.78 is 18.6. The molecule has 0 saturated heterocycles. The Bertz CT molecular complexity index is 322. The van der Waals surface area contributed by atoms with Crippen molar-refractivity contribution in [2.45, 2.75) is 71.0 Å². The SMILES string of the molecule is C=C[Si](C)(C)OC(CCCCCC)(CO[SiH3])O[Si](C)(C)C=C. The molecule has 0 aliphatic heterocycles. The van der Waals surface area contributed by atoms with E-state index in [4.69, 9.17) is 13.3 Å². The van der Waals surface area contributed by atoms with Crippen LogP contribution < -0.4 is 0 Å². The standard InChI is InChI=1S/C16H36O3Si3/c1-8-11-12-13-14-16(15-17-20,18-21(4,5)9-2)19-22(6,7)10-3/h9-10H,2-3,8,11-15H2,1,4-7,20H3. The first-order valence-electron chi connectivity index (χ1n) is 8.32. The number of rotatable bonds is 13. The van der Waals surface area contributed by atoms with Crippen molar-refractivity contribution in [3.63, 3.8) is 0 Å². The highest BCUT2D eigenvalue weighted by molar-refractivity contribution is 6.77. The van der Waals surface area contributed by atoms with E-state index in [1.807, 2.05) is 11.4 Å².